The van der Waals surface area contributed by atoms with Crippen LogP contribution in [0.25, 0.3) is 0 Å². The maximum atomic E-state index is 14.6. The summed E-state index contributed by atoms with van der Waals surface area (Å²) in [4.78, 5) is 0. The molecule has 0 saturated carbocycles. The minimum absolute atomic E-state index is 0.0724. The first-order valence-electron chi connectivity index (χ1n) is 10.9. The van der Waals surface area contributed by atoms with Crippen molar-refractivity contribution in [3.8, 4) is 11.5 Å². The zero-order valence-corrected chi connectivity index (χ0v) is 18.0. The van der Waals surface area contributed by atoms with E-state index in [2.05, 4.69) is 11.7 Å². The lowest BCUT2D eigenvalue weighted by atomic mass is 9.91. The SMILES string of the molecule is CCCCCC1CCC(c2ccc(C(F)(F)Oc3ccc(OC=C(F)F)cc3)cc2)OC1. The van der Waals surface area contributed by atoms with Crippen LogP contribution in [0.15, 0.2) is 60.9 Å². The topological polar surface area (TPSA) is 27.7 Å². The van der Waals surface area contributed by atoms with E-state index in [1.54, 1.807) is 12.1 Å². The highest BCUT2D eigenvalue weighted by Crippen LogP contribution is 2.36. The number of benzene rings is 2. The fourth-order valence-corrected chi connectivity index (χ4v) is 3.78. The molecule has 3 rings (SSSR count). The second-order valence-corrected chi connectivity index (χ2v) is 8.00. The monoisotopic (exact) mass is 452 g/mol. The van der Waals surface area contributed by atoms with Crippen molar-refractivity contribution in [2.75, 3.05) is 6.61 Å². The van der Waals surface area contributed by atoms with Crippen molar-refractivity contribution in [1.82, 2.24) is 0 Å². The average Bonchev–Trinajstić information content (AvgIpc) is 2.79. The van der Waals surface area contributed by atoms with E-state index >= 15 is 0 Å². The van der Waals surface area contributed by atoms with Gasteiger partial charge in [0.2, 0.25) is 0 Å². The minimum atomic E-state index is -3.55. The van der Waals surface area contributed by atoms with Crippen molar-refractivity contribution >= 4 is 0 Å². The van der Waals surface area contributed by atoms with Gasteiger partial charge in [0.05, 0.1) is 18.3 Å². The Hall–Kier alpha value is -2.54. The van der Waals surface area contributed by atoms with E-state index in [1.165, 1.54) is 62.1 Å². The normalized spacial score (nSPS) is 18.8. The number of hydrogen-bond donors (Lipinski definition) is 0. The largest absolute Gasteiger partial charge is 0.459 e. The lowest BCUT2D eigenvalue weighted by Crippen LogP contribution is -2.23. The molecule has 0 aromatic heterocycles. The minimum Gasteiger partial charge on any atom is -0.459 e. The predicted molar refractivity (Wildman–Crippen MR) is 114 cm³/mol. The summed E-state index contributed by atoms with van der Waals surface area (Å²) in [5, 5.41) is 0. The van der Waals surface area contributed by atoms with Crippen molar-refractivity contribution in [2.24, 2.45) is 5.92 Å². The van der Waals surface area contributed by atoms with Gasteiger partial charge in [-0.3, -0.25) is 0 Å². The molecule has 2 aromatic carbocycles. The highest BCUT2D eigenvalue weighted by molar-refractivity contribution is 5.33. The summed E-state index contributed by atoms with van der Waals surface area (Å²) >= 11 is 0. The van der Waals surface area contributed by atoms with Crippen LogP contribution in [0.4, 0.5) is 17.6 Å². The first kappa shape index (κ1) is 24.1. The molecule has 3 nitrogen and oxygen atoms in total. The number of ether oxygens (including phenoxy) is 3. The van der Waals surface area contributed by atoms with E-state index in [9.17, 15) is 17.6 Å². The zero-order chi connectivity index (χ0) is 23.0. The molecular weight excluding hydrogens is 424 g/mol. The van der Waals surface area contributed by atoms with E-state index in [4.69, 9.17) is 9.47 Å². The molecule has 1 aliphatic heterocycles. The van der Waals surface area contributed by atoms with Crippen LogP contribution in [0.3, 0.4) is 0 Å². The van der Waals surface area contributed by atoms with Gasteiger partial charge >= 0.3 is 12.2 Å². The molecule has 1 saturated heterocycles. The Labute approximate surface area is 186 Å². The molecule has 0 radical (unpaired) electrons. The van der Waals surface area contributed by atoms with Crippen molar-refractivity contribution in [3.05, 3.63) is 72.0 Å². The Morgan fingerprint density at radius 3 is 2.28 bits per heavy atom. The molecule has 1 heterocycles. The van der Waals surface area contributed by atoms with Crippen LogP contribution < -0.4 is 9.47 Å². The van der Waals surface area contributed by atoms with Gasteiger partial charge in [-0.15, -0.1) is 0 Å². The Morgan fingerprint density at radius 1 is 1.00 bits per heavy atom. The Balaban J connectivity index is 1.55. The van der Waals surface area contributed by atoms with Crippen LogP contribution in [0.5, 0.6) is 11.5 Å². The van der Waals surface area contributed by atoms with Crippen LogP contribution in [-0.4, -0.2) is 6.61 Å². The van der Waals surface area contributed by atoms with Crippen molar-refractivity contribution in [1.29, 1.82) is 0 Å². The van der Waals surface area contributed by atoms with E-state index in [1.807, 2.05) is 0 Å². The van der Waals surface area contributed by atoms with Crippen LogP contribution in [0.2, 0.25) is 0 Å². The number of alkyl halides is 2. The number of hydrogen-bond acceptors (Lipinski definition) is 3. The summed E-state index contributed by atoms with van der Waals surface area (Å²) in [7, 11) is 0. The molecule has 7 heteroatoms. The maximum Gasteiger partial charge on any atom is 0.426 e. The maximum absolute atomic E-state index is 14.6. The third-order valence-corrected chi connectivity index (χ3v) is 5.56. The van der Waals surface area contributed by atoms with Crippen LogP contribution in [-0.2, 0) is 10.8 Å². The second-order valence-electron chi connectivity index (χ2n) is 8.00. The summed E-state index contributed by atoms with van der Waals surface area (Å²) in [5.41, 5.74) is 0.600. The number of halogens is 4. The van der Waals surface area contributed by atoms with Gasteiger partial charge in [0.15, 0.2) is 6.26 Å². The molecule has 0 spiro atoms. The zero-order valence-electron chi connectivity index (χ0n) is 18.0. The number of unbranched alkanes of at least 4 members (excludes halogenated alkanes) is 2. The van der Waals surface area contributed by atoms with Crippen molar-refractivity contribution in [2.45, 2.75) is 57.7 Å². The molecule has 1 aliphatic rings. The second kappa shape index (κ2) is 11.4. The lowest BCUT2D eigenvalue weighted by Gasteiger charge is -2.29. The molecule has 2 atom stereocenters. The summed E-state index contributed by atoms with van der Waals surface area (Å²) in [5.74, 6) is 0.553. The third-order valence-electron chi connectivity index (χ3n) is 5.56. The molecule has 2 unspecified atom stereocenters. The molecule has 0 N–H and O–H groups in total. The third kappa shape index (κ3) is 6.99. The van der Waals surface area contributed by atoms with Crippen molar-refractivity contribution in [3.63, 3.8) is 0 Å². The molecule has 174 valence electrons. The first-order valence-corrected chi connectivity index (χ1v) is 10.9. The predicted octanol–water partition coefficient (Wildman–Crippen LogP) is 7.98. The summed E-state index contributed by atoms with van der Waals surface area (Å²) in [6, 6.07) is 11.0. The van der Waals surface area contributed by atoms with E-state index in [0.29, 0.717) is 12.5 Å². The van der Waals surface area contributed by atoms with Crippen LogP contribution in [0, 0.1) is 5.92 Å². The summed E-state index contributed by atoms with van der Waals surface area (Å²) in [6.45, 7) is 2.90. The first-order chi connectivity index (χ1) is 15.4. The fourth-order valence-electron chi connectivity index (χ4n) is 3.78. The van der Waals surface area contributed by atoms with Gasteiger partial charge in [0.1, 0.15) is 11.5 Å². The molecule has 0 amide bonds. The van der Waals surface area contributed by atoms with Gasteiger partial charge in [-0.25, -0.2) is 0 Å². The Kier molecular flexibility index (Phi) is 8.56. The Morgan fingerprint density at radius 2 is 1.69 bits per heavy atom. The van der Waals surface area contributed by atoms with Gasteiger partial charge in [-0.05, 0) is 67.1 Å². The molecule has 2 aromatic rings. The van der Waals surface area contributed by atoms with E-state index in [0.717, 1.165) is 18.4 Å². The Bertz CT molecular complexity index is 854. The molecule has 32 heavy (non-hydrogen) atoms. The van der Waals surface area contributed by atoms with Gasteiger partial charge in [-0.2, -0.15) is 17.6 Å². The van der Waals surface area contributed by atoms with Crippen molar-refractivity contribution < 1.29 is 31.8 Å². The smallest absolute Gasteiger partial charge is 0.426 e. The molecular formula is C25H28F4O3. The summed E-state index contributed by atoms with van der Waals surface area (Å²) in [6.07, 6.45) is 1.48. The van der Waals surface area contributed by atoms with Gasteiger partial charge < -0.3 is 14.2 Å². The quantitative estimate of drug-likeness (QED) is 0.208. The van der Waals surface area contributed by atoms with Gasteiger partial charge in [-0.1, -0.05) is 38.3 Å². The average molecular weight is 452 g/mol. The highest BCUT2D eigenvalue weighted by atomic mass is 19.3. The standard InChI is InChI=1S/C25H28F4O3/c1-2-3-4-5-18-6-15-23(31-16-18)19-7-9-20(10-8-19)25(28,29)32-22-13-11-21(12-14-22)30-17-24(26)27/h7-14,17-18,23H,2-6,15-16H2,1H3. The summed E-state index contributed by atoms with van der Waals surface area (Å²) < 4.78 is 68.7. The molecule has 1 fully saturated rings. The van der Waals surface area contributed by atoms with Gasteiger partial charge in [0.25, 0.3) is 0 Å². The highest BCUT2D eigenvalue weighted by Gasteiger charge is 2.35. The lowest BCUT2D eigenvalue weighted by molar-refractivity contribution is -0.185. The van der Waals surface area contributed by atoms with Crippen LogP contribution in [0.1, 0.15) is 62.7 Å². The molecule has 0 aliphatic carbocycles. The van der Waals surface area contributed by atoms with E-state index < -0.39 is 12.2 Å². The van der Waals surface area contributed by atoms with Crippen LogP contribution >= 0.6 is 0 Å². The molecule has 0 bridgehead atoms. The number of rotatable bonds is 10. The van der Waals surface area contributed by atoms with E-state index in [-0.39, 0.29) is 29.4 Å². The fraction of sp³-hybridized carbons (Fsp3) is 0.440. The van der Waals surface area contributed by atoms with Gasteiger partial charge in [0, 0.05) is 0 Å².